The highest BCUT2D eigenvalue weighted by molar-refractivity contribution is 14.1. The van der Waals surface area contributed by atoms with E-state index in [-0.39, 0.29) is 5.78 Å². The van der Waals surface area contributed by atoms with Crippen molar-refractivity contribution in [2.45, 2.75) is 0 Å². The molecule has 0 N–H and O–H groups in total. The van der Waals surface area contributed by atoms with Crippen molar-refractivity contribution in [3.05, 3.63) is 51.0 Å². The van der Waals surface area contributed by atoms with Crippen molar-refractivity contribution in [2.75, 3.05) is 0 Å². The van der Waals surface area contributed by atoms with Crippen LogP contribution in [0, 0.1) is 3.57 Å². The fourth-order valence-electron chi connectivity index (χ4n) is 1.31. The molecule has 0 amide bonds. The van der Waals surface area contributed by atoms with Crippen LogP contribution in [0.4, 0.5) is 0 Å². The Morgan fingerprint density at radius 3 is 2.41 bits per heavy atom. The van der Waals surface area contributed by atoms with Crippen molar-refractivity contribution < 1.29 is 4.79 Å². The van der Waals surface area contributed by atoms with Gasteiger partial charge in [0.15, 0.2) is 5.78 Å². The van der Waals surface area contributed by atoms with Gasteiger partial charge in [-0.3, -0.25) is 4.79 Å². The van der Waals surface area contributed by atoms with Crippen LogP contribution in [0.1, 0.15) is 15.9 Å². The molecular formula is C11H4Br3IOS. The lowest BCUT2D eigenvalue weighted by Crippen LogP contribution is -2.02. The van der Waals surface area contributed by atoms with Gasteiger partial charge in [0.2, 0.25) is 0 Å². The summed E-state index contributed by atoms with van der Waals surface area (Å²) in [6.07, 6.45) is 0. The number of halogens is 4. The number of thiophene rings is 1. The van der Waals surface area contributed by atoms with E-state index in [0.29, 0.717) is 11.1 Å². The molecule has 0 saturated heterocycles. The third-order valence-corrected chi connectivity index (χ3v) is 5.78. The molecule has 0 atom stereocenters. The molecule has 17 heavy (non-hydrogen) atoms. The van der Waals surface area contributed by atoms with E-state index in [1.807, 2.05) is 24.3 Å². The maximum atomic E-state index is 12.4. The molecule has 2 rings (SSSR count). The molecule has 0 fully saturated rings. The quantitative estimate of drug-likeness (QED) is 0.338. The zero-order valence-electron chi connectivity index (χ0n) is 8.14. The molecule has 0 saturated carbocycles. The summed E-state index contributed by atoms with van der Waals surface area (Å²) in [6, 6.07) is 7.57. The van der Waals surface area contributed by atoms with Crippen molar-refractivity contribution in [3.8, 4) is 0 Å². The highest BCUT2D eigenvalue weighted by Gasteiger charge is 2.18. The number of hydrogen-bond acceptors (Lipinski definition) is 2. The summed E-state index contributed by atoms with van der Waals surface area (Å²) >= 11 is 13.9. The molecule has 0 unspecified atom stereocenters. The van der Waals surface area contributed by atoms with Crippen molar-refractivity contribution in [2.24, 2.45) is 0 Å². The number of carbonyl (C=O) groups is 1. The maximum Gasteiger partial charge on any atom is 0.196 e. The largest absolute Gasteiger partial charge is 0.288 e. The van der Waals surface area contributed by atoms with E-state index in [2.05, 4.69) is 70.4 Å². The lowest BCUT2D eigenvalue weighted by Gasteiger charge is -2.03. The Kier molecular flexibility index (Phi) is 4.85. The summed E-state index contributed by atoms with van der Waals surface area (Å²) in [5, 5.41) is 0. The van der Waals surface area contributed by atoms with Crippen LogP contribution in [0.5, 0.6) is 0 Å². The first-order valence-electron chi connectivity index (χ1n) is 4.43. The Labute approximate surface area is 142 Å². The van der Waals surface area contributed by atoms with Gasteiger partial charge < -0.3 is 0 Å². The second-order valence-corrected chi connectivity index (χ2v) is 9.04. The molecule has 1 aromatic carbocycles. The first-order chi connectivity index (χ1) is 7.99. The lowest BCUT2D eigenvalue weighted by atomic mass is 10.1. The zero-order valence-corrected chi connectivity index (χ0v) is 15.9. The van der Waals surface area contributed by atoms with Crippen LogP contribution in [-0.4, -0.2) is 5.78 Å². The summed E-state index contributed by atoms with van der Waals surface area (Å²) in [4.78, 5) is 12.4. The highest BCUT2D eigenvalue weighted by Crippen LogP contribution is 2.34. The van der Waals surface area contributed by atoms with Crippen LogP contribution < -0.4 is 0 Å². The molecule has 6 heteroatoms. The minimum Gasteiger partial charge on any atom is -0.288 e. The molecule has 0 bridgehead atoms. The van der Waals surface area contributed by atoms with Gasteiger partial charge in [-0.2, -0.15) is 0 Å². The topological polar surface area (TPSA) is 17.1 Å². The minimum atomic E-state index is 0.0178. The third kappa shape index (κ3) is 3.20. The van der Waals surface area contributed by atoms with Gasteiger partial charge in [0.1, 0.15) is 0 Å². The Hall–Kier alpha value is 0.760. The van der Waals surface area contributed by atoms with Crippen LogP contribution in [0.25, 0.3) is 0 Å². The molecule has 0 spiro atoms. The van der Waals surface area contributed by atoms with Crippen molar-refractivity contribution in [1.82, 2.24) is 0 Å². The second kappa shape index (κ2) is 5.81. The predicted octanol–water partition coefficient (Wildman–Crippen LogP) is 5.87. The van der Waals surface area contributed by atoms with E-state index >= 15 is 0 Å². The number of benzene rings is 1. The molecule has 1 aromatic heterocycles. The summed E-state index contributed by atoms with van der Waals surface area (Å²) < 4.78 is 3.64. The van der Waals surface area contributed by atoms with Gasteiger partial charge in [-0.05, 0) is 78.7 Å². The third-order valence-electron chi connectivity index (χ3n) is 2.07. The van der Waals surface area contributed by atoms with Gasteiger partial charge in [-0.25, -0.2) is 0 Å². The standard InChI is InChI=1S/C11H4Br3IOS/c12-8-2-1-5(15)3-6(8)10(16)7-4-9(13)17-11(7)14/h1-4H. The van der Waals surface area contributed by atoms with E-state index in [1.54, 1.807) is 0 Å². The van der Waals surface area contributed by atoms with E-state index in [9.17, 15) is 4.79 Å². The van der Waals surface area contributed by atoms with Gasteiger partial charge >= 0.3 is 0 Å². The Bertz CT molecular complexity index is 594. The average Bonchev–Trinajstić information content (AvgIpc) is 2.60. The molecule has 0 aliphatic heterocycles. The normalized spacial score (nSPS) is 10.6. The Balaban J connectivity index is 2.50. The molecule has 1 heterocycles. The molecule has 88 valence electrons. The Morgan fingerprint density at radius 1 is 1.12 bits per heavy atom. The van der Waals surface area contributed by atoms with E-state index in [4.69, 9.17) is 0 Å². The first-order valence-corrected chi connectivity index (χ1v) is 8.71. The SMILES string of the molecule is O=C(c1cc(I)ccc1Br)c1cc(Br)sc1Br. The summed E-state index contributed by atoms with van der Waals surface area (Å²) in [5.41, 5.74) is 1.37. The molecule has 0 aliphatic carbocycles. The second-order valence-electron chi connectivity index (χ2n) is 3.19. The number of ketones is 1. The average molecular weight is 551 g/mol. The van der Waals surface area contributed by atoms with Gasteiger partial charge in [0.05, 0.1) is 7.57 Å². The predicted molar refractivity (Wildman–Crippen MR) is 90.0 cm³/mol. The van der Waals surface area contributed by atoms with Crippen molar-refractivity contribution in [1.29, 1.82) is 0 Å². The van der Waals surface area contributed by atoms with Gasteiger partial charge in [0.25, 0.3) is 0 Å². The van der Waals surface area contributed by atoms with Gasteiger partial charge in [0, 0.05) is 19.2 Å². The van der Waals surface area contributed by atoms with Crippen LogP contribution >= 0.6 is 81.7 Å². The lowest BCUT2D eigenvalue weighted by molar-refractivity contribution is 0.103. The van der Waals surface area contributed by atoms with Gasteiger partial charge in [-0.1, -0.05) is 15.9 Å². The van der Waals surface area contributed by atoms with E-state index in [1.165, 1.54) is 11.3 Å². The molecule has 2 aromatic rings. The minimum absolute atomic E-state index is 0.0178. The zero-order chi connectivity index (χ0) is 12.6. The van der Waals surface area contributed by atoms with Crippen molar-refractivity contribution >= 4 is 87.5 Å². The highest BCUT2D eigenvalue weighted by atomic mass is 127. The van der Waals surface area contributed by atoms with E-state index < -0.39 is 0 Å². The smallest absolute Gasteiger partial charge is 0.196 e. The molecule has 1 nitrogen and oxygen atoms in total. The van der Waals surface area contributed by atoms with Crippen LogP contribution in [0.15, 0.2) is 36.3 Å². The van der Waals surface area contributed by atoms with Crippen LogP contribution in [0.2, 0.25) is 0 Å². The number of hydrogen-bond donors (Lipinski definition) is 0. The van der Waals surface area contributed by atoms with Gasteiger partial charge in [-0.15, -0.1) is 11.3 Å². The summed E-state index contributed by atoms with van der Waals surface area (Å²) in [6.45, 7) is 0. The number of rotatable bonds is 2. The maximum absolute atomic E-state index is 12.4. The van der Waals surface area contributed by atoms with Crippen molar-refractivity contribution in [3.63, 3.8) is 0 Å². The molecule has 0 radical (unpaired) electrons. The Morgan fingerprint density at radius 2 is 1.82 bits per heavy atom. The van der Waals surface area contributed by atoms with Crippen LogP contribution in [0.3, 0.4) is 0 Å². The fraction of sp³-hybridized carbons (Fsp3) is 0. The molecule has 0 aliphatic rings. The van der Waals surface area contributed by atoms with Crippen LogP contribution in [-0.2, 0) is 0 Å². The van der Waals surface area contributed by atoms with E-state index in [0.717, 1.165) is 15.6 Å². The fourth-order valence-corrected chi connectivity index (χ4v) is 5.02. The number of carbonyl (C=O) groups excluding carboxylic acids is 1. The molecular weight excluding hydrogens is 547 g/mol. The summed E-state index contributed by atoms with van der Waals surface area (Å²) in [5.74, 6) is 0.0178. The summed E-state index contributed by atoms with van der Waals surface area (Å²) in [7, 11) is 0. The first kappa shape index (κ1) is 14.2. The monoisotopic (exact) mass is 548 g/mol.